The predicted octanol–water partition coefficient (Wildman–Crippen LogP) is 3.41. The van der Waals surface area contributed by atoms with E-state index in [-0.39, 0.29) is 11.9 Å². The first-order chi connectivity index (χ1) is 9.01. The molecule has 19 heavy (non-hydrogen) atoms. The number of benzene rings is 1. The van der Waals surface area contributed by atoms with E-state index in [1.165, 1.54) is 6.07 Å². The van der Waals surface area contributed by atoms with E-state index in [0.29, 0.717) is 21.5 Å². The van der Waals surface area contributed by atoms with Crippen molar-refractivity contribution in [1.82, 2.24) is 4.90 Å². The molecule has 2 rings (SSSR count). The molecule has 5 heteroatoms. The molecule has 1 aliphatic rings. The van der Waals surface area contributed by atoms with Crippen LogP contribution in [0.2, 0.25) is 0 Å². The maximum Gasteiger partial charge on any atom is 0.137 e. The first-order valence-corrected chi connectivity index (χ1v) is 8.29. The quantitative estimate of drug-likeness (QED) is 0.909. The standard InChI is InChI=1S/C14H20BrFN2S/c1-9-7-18(8-10(2)19-9)14(6-17)11-3-4-13(16)12(15)5-11/h3-5,9-10,14H,6-8,17H2,1-2H3. The number of nitrogens with zero attached hydrogens (tertiary/aromatic N) is 1. The molecule has 1 aromatic rings. The van der Waals surface area contributed by atoms with Crippen LogP contribution in [0.25, 0.3) is 0 Å². The number of nitrogens with two attached hydrogens (primary N) is 1. The van der Waals surface area contributed by atoms with Crippen molar-refractivity contribution in [1.29, 1.82) is 0 Å². The van der Waals surface area contributed by atoms with Gasteiger partial charge in [-0.3, -0.25) is 4.90 Å². The van der Waals surface area contributed by atoms with E-state index >= 15 is 0 Å². The van der Waals surface area contributed by atoms with E-state index in [4.69, 9.17) is 5.73 Å². The molecule has 0 amide bonds. The lowest BCUT2D eigenvalue weighted by Gasteiger charge is -2.39. The van der Waals surface area contributed by atoms with Crippen molar-refractivity contribution in [2.75, 3.05) is 19.6 Å². The van der Waals surface area contributed by atoms with E-state index in [9.17, 15) is 4.39 Å². The molecule has 106 valence electrons. The van der Waals surface area contributed by atoms with Gasteiger partial charge in [-0.25, -0.2) is 4.39 Å². The Morgan fingerprint density at radius 3 is 2.58 bits per heavy atom. The van der Waals surface area contributed by atoms with Crippen LogP contribution in [0.1, 0.15) is 25.5 Å². The predicted molar refractivity (Wildman–Crippen MR) is 84.0 cm³/mol. The van der Waals surface area contributed by atoms with Crippen LogP contribution in [0.15, 0.2) is 22.7 Å². The Hall–Kier alpha value is -0.100. The summed E-state index contributed by atoms with van der Waals surface area (Å²) in [4.78, 5) is 2.42. The van der Waals surface area contributed by atoms with E-state index in [0.717, 1.165) is 18.7 Å². The molecule has 3 atom stereocenters. The zero-order valence-electron chi connectivity index (χ0n) is 11.3. The van der Waals surface area contributed by atoms with E-state index in [1.54, 1.807) is 0 Å². The Morgan fingerprint density at radius 1 is 1.42 bits per heavy atom. The summed E-state index contributed by atoms with van der Waals surface area (Å²) >= 11 is 5.27. The van der Waals surface area contributed by atoms with Gasteiger partial charge in [0.2, 0.25) is 0 Å². The number of halogens is 2. The number of hydrogen-bond acceptors (Lipinski definition) is 3. The van der Waals surface area contributed by atoms with Crippen LogP contribution < -0.4 is 5.73 Å². The molecule has 2 N–H and O–H groups in total. The molecule has 1 aromatic carbocycles. The Kier molecular flexibility index (Phi) is 5.29. The molecule has 0 bridgehead atoms. The van der Waals surface area contributed by atoms with E-state index in [2.05, 4.69) is 34.7 Å². The molecule has 1 heterocycles. The van der Waals surface area contributed by atoms with Crippen molar-refractivity contribution in [2.45, 2.75) is 30.4 Å². The molecule has 1 fully saturated rings. The van der Waals surface area contributed by atoms with Crippen LogP contribution in [-0.2, 0) is 0 Å². The average molecular weight is 347 g/mol. The second-order valence-electron chi connectivity index (χ2n) is 5.14. The Labute approximate surface area is 127 Å². The normalized spacial score (nSPS) is 26.4. The molecule has 1 saturated heterocycles. The molecule has 1 aliphatic heterocycles. The minimum absolute atomic E-state index is 0.169. The third-order valence-electron chi connectivity index (χ3n) is 3.44. The lowest BCUT2D eigenvalue weighted by atomic mass is 10.0. The fourth-order valence-electron chi connectivity index (χ4n) is 2.69. The van der Waals surface area contributed by atoms with Crippen molar-refractivity contribution >= 4 is 27.7 Å². The molecule has 0 saturated carbocycles. The van der Waals surface area contributed by atoms with E-state index < -0.39 is 0 Å². The van der Waals surface area contributed by atoms with Gasteiger partial charge >= 0.3 is 0 Å². The summed E-state index contributed by atoms with van der Waals surface area (Å²) in [5, 5.41) is 1.23. The monoisotopic (exact) mass is 346 g/mol. The summed E-state index contributed by atoms with van der Waals surface area (Å²) in [6.45, 7) is 7.13. The van der Waals surface area contributed by atoms with E-state index in [1.807, 2.05) is 23.9 Å². The zero-order valence-corrected chi connectivity index (χ0v) is 13.7. The lowest BCUT2D eigenvalue weighted by Crippen LogP contribution is -2.44. The average Bonchev–Trinajstić information content (AvgIpc) is 2.33. The SMILES string of the molecule is CC1CN(C(CN)c2ccc(F)c(Br)c2)CC(C)S1. The van der Waals surface area contributed by atoms with Crippen LogP contribution in [-0.4, -0.2) is 35.0 Å². The number of thioether (sulfide) groups is 1. The van der Waals surface area contributed by atoms with Gasteiger partial charge in [-0.05, 0) is 33.6 Å². The summed E-state index contributed by atoms with van der Waals surface area (Å²) in [6, 6.07) is 5.37. The molecule has 2 nitrogen and oxygen atoms in total. The van der Waals surface area contributed by atoms with Crippen LogP contribution >= 0.6 is 27.7 Å². The molecule has 3 unspecified atom stereocenters. The highest BCUT2D eigenvalue weighted by Crippen LogP contribution is 2.31. The van der Waals surface area contributed by atoms with Gasteiger partial charge in [-0.15, -0.1) is 0 Å². The minimum Gasteiger partial charge on any atom is -0.329 e. The topological polar surface area (TPSA) is 29.3 Å². The maximum absolute atomic E-state index is 13.3. The van der Waals surface area contributed by atoms with Gasteiger partial charge in [-0.2, -0.15) is 11.8 Å². The number of hydrogen-bond donors (Lipinski definition) is 1. The highest BCUT2D eigenvalue weighted by atomic mass is 79.9. The van der Waals surface area contributed by atoms with Gasteiger partial charge in [0.25, 0.3) is 0 Å². The van der Waals surface area contributed by atoms with Crippen molar-refractivity contribution in [3.8, 4) is 0 Å². The molecule has 0 radical (unpaired) electrons. The highest BCUT2D eigenvalue weighted by molar-refractivity contribution is 9.10. The Balaban J connectivity index is 2.21. The summed E-state index contributed by atoms with van der Waals surface area (Å²) in [5.74, 6) is -0.226. The van der Waals surface area contributed by atoms with Crippen molar-refractivity contribution in [3.05, 3.63) is 34.1 Å². The van der Waals surface area contributed by atoms with Gasteiger partial charge < -0.3 is 5.73 Å². The summed E-state index contributed by atoms with van der Waals surface area (Å²) < 4.78 is 13.8. The Morgan fingerprint density at radius 2 is 2.05 bits per heavy atom. The summed E-state index contributed by atoms with van der Waals surface area (Å²) in [7, 11) is 0. The third kappa shape index (κ3) is 3.72. The van der Waals surface area contributed by atoms with Gasteiger partial charge in [0.15, 0.2) is 0 Å². The van der Waals surface area contributed by atoms with Crippen LogP contribution in [0.5, 0.6) is 0 Å². The van der Waals surface area contributed by atoms with Crippen LogP contribution in [0.3, 0.4) is 0 Å². The number of rotatable bonds is 3. The second-order valence-corrected chi connectivity index (χ2v) is 7.87. The first-order valence-electron chi connectivity index (χ1n) is 6.55. The lowest BCUT2D eigenvalue weighted by molar-refractivity contribution is 0.199. The van der Waals surface area contributed by atoms with Crippen LogP contribution in [0.4, 0.5) is 4.39 Å². The van der Waals surface area contributed by atoms with Gasteiger partial charge in [0.1, 0.15) is 5.82 Å². The third-order valence-corrected chi connectivity index (χ3v) is 5.28. The Bertz CT molecular complexity index is 433. The molecule has 0 aliphatic carbocycles. The maximum atomic E-state index is 13.3. The molecule has 0 aromatic heterocycles. The van der Waals surface area contributed by atoms with Crippen molar-refractivity contribution < 1.29 is 4.39 Å². The van der Waals surface area contributed by atoms with Crippen LogP contribution in [0, 0.1) is 5.82 Å². The zero-order chi connectivity index (χ0) is 14.0. The summed E-state index contributed by atoms with van der Waals surface area (Å²) in [6.07, 6.45) is 0. The fraction of sp³-hybridized carbons (Fsp3) is 0.571. The van der Waals surface area contributed by atoms with Gasteiger partial charge in [-0.1, -0.05) is 19.9 Å². The highest BCUT2D eigenvalue weighted by Gasteiger charge is 2.28. The van der Waals surface area contributed by atoms with Gasteiger partial charge in [0, 0.05) is 36.2 Å². The minimum atomic E-state index is -0.226. The molecular formula is C14H20BrFN2S. The van der Waals surface area contributed by atoms with Crippen molar-refractivity contribution in [2.24, 2.45) is 5.73 Å². The largest absolute Gasteiger partial charge is 0.329 e. The van der Waals surface area contributed by atoms with Gasteiger partial charge in [0.05, 0.1) is 4.47 Å². The fourth-order valence-corrected chi connectivity index (χ4v) is 4.43. The smallest absolute Gasteiger partial charge is 0.137 e. The molecular weight excluding hydrogens is 327 g/mol. The first kappa shape index (κ1) is 15.3. The molecule has 0 spiro atoms. The van der Waals surface area contributed by atoms with Crippen molar-refractivity contribution in [3.63, 3.8) is 0 Å². The summed E-state index contributed by atoms with van der Waals surface area (Å²) in [5.41, 5.74) is 7.04. The second kappa shape index (κ2) is 6.57.